The lowest BCUT2D eigenvalue weighted by Gasteiger charge is -2.06. The molecule has 0 spiro atoms. The van der Waals surface area contributed by atoms with Crippen LogP contribution < -0.4 is 0 Å². The number of hydrogen-bond acceptors (Lipinski definition) is 1. The van der Waals surface area contributed by atoms with Crippen molar-refractivity contribution >= 4 is 0 Å². The molecule has 0 atom stereocenters. The topological polar surface area (TPSA) is 3.24 Å². The lowest BCUT2D eigenvalue weighted by Crippen LogP contribution is -2.07. The molecule has 1 aliphatic rings. The van der Waals surface area contributed by atoms with Gasteiger partial charge in [0, 0.05) is 13.1 Å². The molecule has 0 aliphatic carbocycles. The first-order valence-electron chi connectivity index (χ1n) is 5.09. The summed E-state index contributed by atoms with van der Waals surface area (Å²) in [7, 11) is 2.19. The molecular weight excluding hydrogens is 158 g/mol. The van der Waals surface area contributed by atoms with Gasteiger partial charge in [0.2, 0.25) is 0 Å². The van der Waals surface area contributed by atoms with E-state index in [0.29, 0.717) is 0 Å². The van der Waals surface area contributed by atoms with Crippen LogP contribution in [0.15, 0.2) is 18.2 Å². The fourth-order valence-electron chi connectivity index (χ4n) is 2.16. The molecule has 70 valence electrons. The van der Waals surface area contributed by atoms with Crippen molar-refractivity contribution in [3.05, 3.63) is 34.9 Å². The van der Waals surface area contributed by atoms with Gasteiger partial charge in [0.05, 0.1) is 0 Å². The normalized spacial score (nSPS) is 16.2. The third-order valence-electron chi connectivity index (χ3n) is 2.76. The van der Waals surface area contributed by atoms with Crippen LogP contribution in [0.2, 0.25) is 0 Å². The third-order valence-corrected chi connectivity index (χ3v) is 2.76. The van der Waals surface area contributed by atoms with Gasteiger partial charge in [-0.1, -0.05) is 31.5 Å². The second-order valence-corrected chi connectivity index (χ2v) is 3.98. The van der Waals surface area contributed by atoms with Crippen LogP contribution in [-0.2, 0) is 19.5 Å². The summed E-state index contributed by atoms with van der Waals surface area (Å²) < 4.78 is 0. The van der Waals surface area contributed by atoms with Crippen molar-refractivity contribution < 1.29 is 0 Å². The maximum absolute atomic E-state index is 2.38. The maximum atomic E-state index is 2.38. The summed E-state index contributed by atoms with van der Waals surface area (Å²) in [5.41, 5.74) is 4.68. The highest BCUT2D eigenvalue weighted by Crippen LogP contribution is 2.25. The number of nitrogens with zero attached hydrogens (tertiary/aromatic N) is 1. The summed E-state index contributed by atoms with van der Waals surface area (Å²) in [5.74, 6) is 0. The Morgan fingerprint density at radius 2 is 2.15 bits per heavy atom. The average molecular weight is 175 g/mol. The molecule has 0 saturated heterocycles. The average Bonchev–Trinajstić information content (AvgIpc) is 2.47. The number of benzene rings is 1. The van der Waals surface area contributed by atoms with Gasteiger partial charge < -0.3 is 0 Å². The van der Waals surface area contributed by atoms with Crippen molar-refractivity contribution in [1.29, 1.82) is 0 Å². The van der Waals surface area contributed by atoms with Crippen LogP contribution in [0.25, 0.3) is 0 Å². The largest absolute Gasteiger partial charge is 0.298 e. The second-order valence-electron chi connectivity index (χ2n) is 3.98. The molecule has 1 aliphatic heterocycles. The minimum Gasteiger partial charge on any atom is -0.298 e. The highest BCUT2D eigenvalue weighted by molar-refractivity contribution is 5.37. The van der Waals surface area contributed by atoms with Gasteiger partial charge in [-0.15, -0.1) is 0 Å². The van der Waals surface area contributed by atoms with Crippen LogP contribution in [0.1, 0.15) is 30.0 Å². The van der Waals surface area contributed by atoms with E-state index in [4.69, 9.17) is 0 Å². The fraction of sp³-hybridized carbons (Fsp3) is 0.500. The summed E-state index contributed by atoms with van der Waals surface area (Å²) in [6.45, 7) is 4.52. The summed E-state index contributed by atoms with van der Waals surface area (Å²) in [6.07, 6.45) is 2.48. The van der Waals surface area contributed by atoms with Crippen LogP contribution in [0.3, 0.4) is 0 Å². The zero-order valence-electron chi connectivity index (χ0n) is 8.51. The summed E-state index contributed by atoms with van der Waals surface area (Å²) in [6, 6.07) is 6.74. The van der Waals surface area contributed by atoms with E-state index in [1.165, 1.54) is 18.4 Å². The minimum atomic E-state index is 1.13. The summed E-state index contributed by atoms with van der Waals surface area (Å²) >= 11 is 0. The first-order chi connectivity index (χ1) is 6.31. The predicted octanol–water partition coefficient (Wildman–Crippen LogP) is 2.58. The molecule has 1 aromatic carbocycles. The van der Waals surface area contributed by atoms with Crippen molar-refractivity contribution in [2.24, 2.45) is 0 Å². The molecular formula is C12H17N. The maximum Gasteiger partial charge on any atom is 0.0240 e. The van der Waals surface area contributed by atoms with Crippen molar-refractivity contribution in [3.8, 4) is 0 Å². The molecule has 0 fully saturated rings. The number of fused-ring (bicyclic) bond motifs is 1. The molecule has 0 aromatic heterocycles. The first-order valence-corrected chi connectivity index (χ1v) is 5.09. The second kappa shape index (κ2) is 3.51. The Hall–Kier alpha value is -0.820. The Balaban J connectivity index is 2.34. The zero-order valence-corrected chi connectivity index (χ0v) is 8.51. The molecule has 0 amide bonds. The number of hydrogen-bond donors (Lipinski definition) is 0. The molecule has 0 unspecified atom stereocenters. The Morgan fingerprint density at radius 1 is 1.31 bits per heavy atom. The van der Waals surface area contributed by atoms with Crippen molar-refractivity contribution in [2.45, 2.75) is 32.9 Å². The molecule has 2 rings (SSSR count). The molecule has 0 saturated carbocycles. The molecule has 0 radical (unpaired) electrons. The van der Waals surface area contributed by atoms with Gasteiger partial charge in [-0.2, -0.15) is 0 Å². The first kappa shape index (κ1) is 8.76. The van der Waals surface area contributed by atoms with Crippen molar-refractivity contribution in [1.82, 2.24) is 4.90 Å². The van der Waals surface area contributed by atoms with Gasteiger partial charge in [-0.3, -0.25) is 4.90 Å². The van der Waals surface area contributed by atoms with E-state index in [1.807, 2.05) is 0 Å². The molecule has 0 bridgehead atoms. The molecule has 1 nitrogen and oxygen atoms in total. The molecule has 1 aromatic rings. The van der Waals surface area contributed by atoms with E-state index < -0.39 is 0 Å². The number of aryl methyl sites for hydroxylation is 1. The van der Waals surface area contributed by atoms with E-state index in [0.717, 1.165) is 13.1 Å². The predicted molar refractivity (Wildman–Crippen MR) is 55.6 cm³/mol. The Bertz CT molecular complexity index is 304. The van der Waals surface area contributed by atoms with Gasteiger partial charge >= 0.3 is 0 Å². The standard InChI is InChI=1S/C12H17N/c1-3-5-10-6-4-7-11-8-13(2)9-12(10)11/h4,6-7H,3,5,8-9H2,1-2H3. The Labute approximate surface area is 80.4 Å². The number of rotatable bonds is 2. The van der Waals surface area contributed by atoms with E-state index in [9.17, 15) is 0 Å². The highest BCUT2D eigenvalue weighted by Gasteiger charge is 2.17. The van der Waals surface area contributed by atoms with Gasteiger partial charge in [-0.05, 0) is 30.2 Å². The van der Waals surface area contributed by atoms with Crippen molar-refractivity contribution in [2.75, 3.05) is 7.05 Å². The van der Waals surface area contributed by atoms with Gasteiger partial charge in [0.1, 0.15) is 0 Å². The Morgan fingerprint density at radius 3 is 2.92 bits per heavy atom. The lowest BCUT2D eigenvalue weighted by atomic mass is 10.0. The SMILES string of the molecule is CCCc1cccc2c1CN(C)C2. The van der Waals surface area contributed by atoms with E-state index in [1.54, 1.807) is 11.1 Å². The van der Waals surface area contributed by atoms with Crippen LogP contribution in [0.4, 0.5) is 0 Å². The van der Waals surface area contributed by atoms with Gasteiger partial charge in [0.15, 0.2) is 0 Å². The highest BCUT2D eigenvalue weighted by atomic mass is 15.1. The van der Waals surface area contributed by atoms with E-state index >= 15 is 0 Å². The summed E-state index contributed by atoms with van der Waals surface area (Å²) in [5, 5.41) is 0. The Kier molecular flexibility index (Phi) is 2.36. The van der Waals surface area contributed by atoms with Crippen LogP contribution in [0, 0.1) is 0 Å². The smallest absolute Gasteiger partial charge is 0.0240 e. The molecule has 13 heavy (non-hydrogen) atoms. The van der Waals surface area contributed by atoms with Crippen LogP contribution in [0.5, 0.6) is 0 Å². The fourth-order valence-corrected chi connectivity index (χ4v) is 2.16. The summed E-state index contributed by atoms with van der Waals surface area (Å²) in [4.78, 5) is 2.38. The van der Waals surface area contributed by atoms with Gasteiger partial charge in [0.25, 0.3) is 0 Å². The lowest BCUT2D eigenvalue weighted by molar-refractivity contribution is 0.352. The minimum absolute atomic E-state index is 1.13. The molecule has 1 heteroatoms. The quantitative estimate of drug-likeness (QED) is 0.667. The van der Waals surface area contributed by atoms with Gasteiger partial charge in [-0.25, -0.2) is 0 Å². The van der Waals surface area contributed by atoms with E-state index in [-0.39, 0.29) is 0 Å². The van der Waals surface area contributed by atoms with Crippen LogP contribution >= 0.6 is 0 Å². The molecule has 0 N–H and O–H groups in total. The monoisotopic (exact) mass is 175 g/mol. The van der Waals surface area contributed by atoms with Crippen LogP contribution in [-0.4, -0.2) is 11.9 Å². The third kappa shape index (κ3) is 1.61. The van der Waals surface area contributed by atoms with E-state index in [2.05, 4.69) is 37.1 Å². The zero-order chi connectivity index (χ0) is 9.26. The molecule has 1 heterocycles. The van der Waals surface area contributed by atoms with Crippen molar-refractivity contribution in [3.63, 3.8) is 0 Å².